The molecule has 1 aromatic rings. The van der Waals surface area contributed by atoms with Gasteiger partial charge in [-0.15, -0.1) is 0 Å². The van der Waals surface area contributed by atoms with Gasteiger partial charge in [0.1, 0.15) is 0 Å². The minimum absolute atomic E-state index is 0.937. The zero-order chi connectivity index (χ0) is 10.1. The Balaban J connectivity index is 1.49. The lowest BCUT2D eigenvalue weighted by molar-refractivity contribution is 0.285. The largest absolute Gasteiger partial charge is 0.301 e. The molecule has 0 N–H and O–H groups in total. The summed E-state index contributed by atoms with van der Waals surface area (Å²) in [6.45, 7) is 4.67. The molecule has 0 amide bonds. The van der Waals surface area contributed by atoms with Crippen molar-refractivity contribution < 1.29 is 0 Å². The van der Waals surface area contributed by atoms with Crippen molar-refractivity contribution in [2.75, 3.05) is 19.6 Å². The Kier molecular flexibility index (Phi) is 2.44. The number of fused-ring (bicyclic) bond motifs is 1. The van der Waals surface area contributed by atoms with Gasteiger partial charge in [-0.2, -0.15) is 15.0 Å². The van der Waals surface area contributed by atoms with Crippen molar-refractivity contribution >= 4 is 0 Å². The average molecular weight is 206 g/mol. The molecule has 1 aliphatic carbocycles. The highest BCUT2D eigenvalue weighted by Crippen LogP contribution is 2.37. The molecule has 1 saturated heterocycles. The summed E-state index contributed by atoms with van der Waals surface area (Å²) in [6.07, 6.45) is 7.88. The van der Waals surface area contributed by atoms with Crippen LogP contribution in [0.3, 0.4) is 0 Å². The van der Waals surface area contributed by atoms with Crippen molar-refractivity contribution in [3.63, 3.8) is 0 Å². The topological polar surface area (TPSA) is 34.0 Å². The molecule has 1 aromatic heterocycles. The summed E-state index contributed by atoms with van der Waals surface area (Å²) in [5.74, 6) is 1.99. The molecule has 0 spiro atoms. The summed E-state index contributed by atoms with van der Waals surface area (Å²) >= 11 is 0. The van der Waals surface area contributed by atoms with Crippen LogP contribution in [0, 0.1) is 11.8 Å². The van der Waals surface area contributed by atoms with Gasteiger partial charge >= 0.3 is 0 Å². The van der Waals surface area contributed by atoms with Gasteiger partial charge in [-0.25, -0.2) is 0 Å². The second-order valence-corrected chi connectivity index (χ2v) is 4.84. The van der Waals surface area contributed by atoms with Crippen LogP contribution in [-0.2, 0) is 6.54 Å². The second kappa shape index (κ2) is 3.93. The van der Waals surface area contributed by atoms with E-state index in [1.54, 1.807) is 17.2 Å². The van der Waals surface area contributed by atoms with Crippen LogP contribution in [0.5, 0.6) is 0 Å². The predicted molar refractivity (Wildman–Crippen MR) is 57.3 cm³/mol. The molecule has 0 radical (unpaired) electrons. The molecule has 0 bridgehead atoms. The molecule has 2 unspecified atom stereocenters. The van der Waals surface area contributed by atoms with E-state index in [0.717, 1.165) is 24.9 Å². The van der Waals surface area contributed by atoms with Crippen molar-refractivity contribution in [1.29, 1.82) is 0 Å². The van der Waals surface area contributed by atoms with Crippen LogP contribution in [0.15, 0.2) is 12.4 Å². The highest BCUT2D eigenvalue weighted by Gasteiger charge is 2.35. The van der Waals surface area contributed by atoms with Crippen molar-refractivity contribution in [1.82, 2.24) is 19.9 Å². The smallest absolute Gasteiger partial charge is 0.0734 e. The van der Waals surface area contributed by atoms with Crippen molar-refractivity contribution in [3.05, 3.63) is 12.4 Å². The van der Waals surface area contributed by atoms with Gasteiger partial charge < -0.3 is 4.90 Å². The van der Waals surface area contributed by atoms with E-state index in [4.69, 9.17) is 0 Å². The molecule has 1 aliphatic heterocycles. The first-order valence-corrected chi connectivity index (χ1v) is 5.98. The number of rotatable bonds is 3. The monoisotopic (exact) mass is 206 g/mol. The SMILES string of the molecule is c1cnn(CCN2CC3CCCC3C2)n1. The first-order chi connectivity index (χ1) is 7.42. The quantitative estimate of drug-likeness (QED) is 0.740. The van der Waals surface area contributed by atoms with Crippen molar-refractivity contribution in [2.24, 2.45) is 11.8 Å². The summed E-state index contributed by atoms with van der Waals surface area (Å²) in [5, 5.41) is 8.26. The number of hydrogen-bond acceptors (Lipinski definition) is 3. The molecular weight excluding hydrogens is 188 g/mol. The molecule has 0 aromatic carbocycles. The van der Waals surface area contributed by atoms with E-state index >= 15 is 0 Å². The van der Waals surface area contributed by atoms with Crippen LogP contribution >= 0.6 is 0 Å². The predicted octanol–water partition coefficient (Wildman–Crippen LogP) is 1.01. The molecule has 2 atom stereocenters. The summed E-state index contributed by atoms with van der Waals surface area (Å²) in [6, 6.07) is 0. The van der Waals surface area contributed by atoms with Crippen LogP contribution in [0.2, 0.25) is 0 Å². The minimum atomic E-state index is 0.937. The summed E-state index contributed by atoms with van der Waals surface area (Å²) in [4.78, 5) is 4.37. The third-order valence-corrected chi connectivity index (χ3v) is 3.88. The van der Waals surface area contributed by atoms with Gasteiger partial charge in [0, 0.05) is 19.6 Å². The Hall–Kier alpha value is -0.900. The maximum Gasteiger partial charge on any atom is 0.0734 e. The first-order valence-electron chi connectivity index (χ1n) is 5.98. The van der Waals surface area contributed by atoms with Gasteiger partial charge in [0.05, 0.1) is 18.9 Å². The molecule has 3 rings (SSSR count). The first kappa shape index (κ1) is 9.33. The van der Waals surface area contributed by atoms with Gasteiger partial charge in [0.15, 0.2) is 0 Å². The van der Waals surface area contributed by atoms with E-state index in [0.29, 0.717) is 0 Å². The Morgan fingerprint density at radius 1 is 1.00 bits per heavy atom. The van der Waals surface area contributed by atoms with E-state index in [9.17, 15) is 0 Å². The highest BCUT2D eigenvalue weighted by molar-refractivity contribution is 4.88. The van der Waals surface area contributed by atoms with Crippen LogP contribution < -0.4 is 0 Å². The normalized spacial score (nSPS) is 30.9. The van der Waals surface area contributed by atoms with E-state index < -0.39 is 0 Å². The molecule has 2 heterocycles. The van der Waals surface area contributed by atoms with Crippen LogP contribution in [0.25, 0.3) is 0 Å². The Morgan fingerprint density at radius 2 is 1.67 bits per heavy atom. The Bertz CT molecular complexity index is 296. The fourth-order valence-corrected chi connectivity index (χ4v) is 3.10. The number of likely N-dealkylation sites (tertiary alicyclic amines) is 1. The van der Waals surface area contributed by atoms with Crippen LogP contribution in [-0.4, -0.2) is 39.5 Å². The van der Waals surface area contributed by atoms with E-state index in [-0.39, 0.29) is 0 Å². The summed E-state index contributed by atoms with van der Waals surface area (Å²) in [5.41, 5.74) is 0. The zero-order valence-electron chi connectivity index (χ0n) is 9.05. The molecule has 4 nitrogen and oxygen atoms in total. The summed E-state index contributed by atoms with van der Waals surface area (Å²) in [7, 11) is 0. The van der Waals surface area contributed by atoms with Gasteiger partial charge in [0.25, 0.3) is 0 Å². The van der Waals surface area contributed by atoms with Gasteiger partial charge in [-0.1, -0.05) is 6.42 Å². The Morgan fingerprint density at radius 3 is 2.33 bits per heavy atom. The lowest BCUT2D eigenvalue weighted by atomic mass is 10.0. The highest BCUT2D eigenvalue weighted by atomic mass is 15.5. The molecule has 2 aliphatic rings. The minimum Gasteiger partial charge on any atom is -0.301 e. The Labute approximate surface area is 90.3 Å². The fourth-order valence-electron chi connectivity index (χ4n) is 3.10. The molecule has 15 heavy (non-hydrogen) atoms. The maximum absolute atomic E-state index is 4.13. The van der Waals surface area contributed by atoms with E-state index in [1.807, 2.05) is 0 Å². The van der Waals surface area contributed by atoms with Crippen LogP contribution in [0.4, 0.5) is 0 Å². The summed E-state index contributed by atoms with van der Waals surface area (Å²) < 4.78 is 0. The van der Waals surface area contributed by atoms with Gasteiger partial charge in [-0.3, -0.25) is 0 Å². The van der Waals surface area contributed by atoms with E-state index in [2.05, 4.69) is 15.1 Å². The standard InChI is InChI=1S/C11H18N4/c1-2-10-8-14(9-11(10)3-1)6-7-15-12-4-5-13-15/h4-5,10-11H,1-3,6-9H2. The van der Waals surface area contributed by atoms with Gasteiger partial charge in [-0.05, 0) is 24.7 Å². The van der Waals surface area contributed by atoms with Crippen LogP contribution in [0.1, 0.15) is 19.3 Å². The molecule has 4 heteroatoms. The van der Waals surface area contributed by atoms with Crippen molar-refractivity contribution in [3.8, 4) is 0 Å². The molecule has 1 saturated carbocycles. The molecule has 82 valence electrons. The molecule has 2 fully saturated rings. The number of nitrogens with zero attached hydrogens (tertiary/aromatic N) is 4. The lowest BCUT2D eigenvalue weighted by Gasteiger charge is -2.15. The average Bonchev–Trinajstić information content (AvgIpc) is 2.91. The lowest BCUT2D eigenvalue weighted by Crippen LogP contribution is -2.26. The molecular formula is C11H18N4. The zero-order valence-corrected chi connectivity index (χ0v) is 9.05. The third-order valence-electron chi connectivity index (χ3n) is 3.88. The fraction of sp³-hybridized carbons (Fsp3) is 0.818. The van der Waals surface area contributed by atoms with Gasteiger partial charge in [0.2, 0.25) is 0 Å². The third kappa shape index (κ3) is 1.91. The second-order valence-electron chi connectivity index (χ2n) is 4.84. The number of hydrogen-bond donors (Lipinski definition) is 0. The number of aromatic nitrogens is 3. The van der Waals surface area contributed by atoms with E-state index in [1.165, 1.54) is 32.4 Å². The van der Waals surface area contributed by atoms with Crippen molar-refractivity contribution in [2.45, 2.75) is 25.8 Å². The maximum atomic E-state index is 4.13.